The van der Waals surface area contributed by atoms with Crippen molar-refractivity contribution >= 4 is 50.4 Å². The molecule has 13 heteroatoms. The maximum atomic E-state index is 13.3. The normalized spacial score (nSPS) is 27.5. The van der Waals surface area contributed by atoms with Crippen molar-refractivity contribution in [1.82, 2.24) is 14.9 Å². The minimum absolute atomic E-state index is 0.0825. The number of carboxylic acid groups (broad SMARTS) is 1. The van der Waals surface area contributed by atoms with Gasteiger partial charge in [-0.05, 0) is 25.1 Å². The number of hydrogen-bond acceptors (Lipinski definition) is 9. The zero-order valence-electron chi connectivity index (χ0n) is 16.0. The molecule has 2 aliphatic heterocycles. The standard InChI is InChI=1S/C18H16N4O7S2/c1-18(9-29-17(26)21-16-20-6-7-30-16)12(15(24)25)22-13(23)11(14(22)31(18,27)28)8-10-4-2-3-5-19-10/h2-8,12,14H,9H2,1H3,(H,24,25)(H,20,21,26)/t12-,14+,18-/m0/s1. The molecule has 2 amide bonds. The first-order valence-electron chi connectivity index (χ1n) is 8.91. The van der Waals surface area contributed by atoms with Gasteiger partial charge in [0.25, 0.3) is 5.91 Å². The molecule has 0 unspecified atom stereocenters. The molecule has 0 spiro atoms. The number of aliphatic carboxylic acids is 1. The van der Waals surface area contributed by atoms with Crippen molar-refractivity contribution in [2.75, 3.05) is 11.9 Å². The lowest BCUT2D eigenvalue weighted by atomic mass is 9.94. The van der Waals surface area contributed by atoms with E-state index < -0.39 is 50.6 Å². The molecule has 0 bridgehead atoms. The Morgan fingerprint density at radius 1 is 1.35 bits per heavy atom. The number of nitrogens with zero attached hydrogens (tertiary/aromatic N) is 3. The maximum Gasteiger partial charge on any atom is 0.413 e. The van der Waals surface area contributed by atoms with Crippen LogP contribution in [0.5, 0.6) is 0 Å². The summed E-state index contributed by atoms with van der Waals surface area (Å²) in [5, 5.41) is 12.4. The molecule has 2 N–H and O–H groups in total. The summed E-state index contributed by atoms with van der Waals surface area (Å²) < 4.78 is 29.6. The number of carbonyl (C=O) groups excluding carboxylic acids is 2. The third-order valence-electron chi connectivity index (χ3n) is 5.16. The van der Waals surface area contributed by atoms with E-state index in [9.17, 15) is 27.9 Å². The molecular formula is C18H16N4O7S2. The SMILES string of the molecule is C[C@]1(COC(=O)Nc2nccs2)[C@H](C(=O)O)N2C(=O)C(=Cc3ccccn3)[C@H]2S1(=O)=O. The number of carboxylic acids is 1. The summed E-state index contributed by atoms with van der Waals surface area (Å²) in [5.41, 5.74) is 0.279. The molecule has 2 saturated heterocycles. The zero-order valence-corrected chi connectivity index (χ0v) is 17.6. The molecule has 3 atom stereocenters. The van der Waals surface area contributed by atoms with Crippen LogP contribution in [-0.2, 0) is 24.2 Å². The third-order valence-corrected chi connectivity index (χ3v) is 8.56. The Hall–Kier alpha value is -3.32. The quantitative estimate of drug-likeness (QED) is 0.486. The van der Waals surface area contributed by atoms with E-state index in [0.29, 0.717) is 5.69 Å². The molecule has 4 heterocycles. The molecule has 4 rings (SSSR count). The predicted octanol–water partition coefficient (Wildman–Crippen LogP) is 0.979. The number of β-lactam (4-membered cyclic amide) rings is 1. The molecule has 0 aliphatic carbocycles. The van der Waals surface area contributed by atoms with Crippen molar-refractivity contribution in [2.24, 2.45) is 0 Å². The summed E-state index contributed by atoms with van der Waals surface area (Å²) in [6.07, 6.45) is 3.27. The summed E-state index contributed by atoms with van der Waals surface area (Å²) in [5.74, 6) is -2.23. The van der Waals surface area contributed by atoms with Crippen LogP contribution in [0.3, 0.4) is 0 Å². The van der Waals surface area contributed by atoms with Gasteiger partial charge in [-0.2, -0.15) is 0 Å². The molecule has 2 fully saturated rings. The fraction of sp³-hybridized carbons (Fsp3) is 0.278. The van der Waals surface area contributed by atoms with Gasteiger partial charge in [0.1, 0.15) is 11.4 Å². The highest BCUT2D eigenvalue weighted by molar-refractivity contribution is 7.94. The first kappa shape index (κ1) is 20.9. The minimum Gasteiger partial charge on any atom is -0.480 e. The second kappa shape index (κ2) is 7.42. The average Bonchev–Trinajstić information content (AvgIpc) is 3.28. The van der Waals surface area contributed by atoms with Gasteiger partial charge in [0.05, 0.1) is 11.3 Å². The first-order chi connectivity index (χ1) is 14.7. The zero-order chi connectivity index (χ0) is 22.4. The monoisotopic (exact) mass is 464 g/mol. The summed E-state index contributed by atoms with van der Waals surface area (Å²) in [6, 6.07) is 3.20. The van der Waals surface area contributed by atoms with Crippen LogP contribution in [0, 0.1) is 0 Å². The van der Waals surface area contributed by atoms with Gasteiger partial charge >= 0.3 is 12.1 Å². The van der Waals surface area contributed by atoms with Crippen LogP contribution in [0.15, 0.2) is 41.5 Å². The van der Waals surface area contributed by atoms with Crippen LogP contribution in [-0.4, -0.2) is 69.1 Å². The highest BCUT2D eigenvalue weighted by Crippen LogP contribution is 2.49. The number of rotatable bonds is 5. The van der Waals surface area contributed by atoms with Gasteiger partial charge in [0, 0.05) is 17.8 Å². The number of anilines is 1. The fourth-order valence-electron chi connectivity index (χ4n) is 3.63. The molecule has 0 saturated carbocycles. The molecular weight excluding hydrogens is 448 g/mol. The number of thiazole rings is 1. The highest BCUT2D eigenvalue weighted by Gasteiger charge is 2.72. The molecule has 0 aromatic carbocycles. The van der Waals surface area contributed by atoms with Crippen molar-refractivity contribution in [3.05, 3.63) is 47.2 Å². The van der Waals surface area contributed by atoms with E-state index in [-0.39, 0.29) is 10.7 Å². The highest BCUT2D eigenvalue weighted by atomic mass is 32.2. The van der Waals surface area contributed by atoms with E-state index in [0.717, 1.165) is 23.2 Å². The van der Waals surface area contributed by atoms with Crippen LogP contribution >= 0.6 is 11.3 Å². The minimum atomic E-state index is -4.27. The number of amides is 2. The smallest absolute Gasteiger partial charge is 0.413 e. The van der Waals surface area contributed by atoms with Crippen molar-refractivity contribution in [1.29, 1.82) is 0 Å². The van der Waals surface area contributed by atoms with E-state index in [1.165, 1.54) is 18.5 Å². The van der Waals surface area contributed by atoms with Crippen LogP contribution in [0.1, 0.15) is 12.6 Å². The fourth-order valence-corrected chi connectivity index (χ4v) is 6.42. The van der Waals surface area contributed by atoms with Gasteiger partial charge in [-0.1, -0.05) is 6.07 Å². The summed E-state index contributed by atoms with van der Waals surface area (Å²) in [6.45, 7) is 0.391. The Kier molecular flexibility index (Phi) is 5.01. The van der Waals surface area contributed by atoms with Crippen LogP contribution in [0.4, 0.5) is 9.93 Å². The molecule has 0 radical (unpaired) electrons. The number of hydrogen-bond donors (Lipinski definition) is 2. The van der Waals surface area contributed by atoms with E-state index >= 15 is 0 Å². The largest absolute Gasteiger partial charge is 0.480 e. The van der Waals surface area contributed by atoms with Crippen molar-refractivity contribution in [3.8, 4) is 0 Å². The Balaban J connectivity index is 1.63. The van der Waals surface area contributed by atoms with Gasteiger partial charge in [0.15, 0.2) is 26.4 Å². The molecule has 2 aromatic rings. The van der Waals surface area contributed by atoms with Crippen LogP contribution in [0.25, 0.3) is 6.08 Å². The first-order valence-corrected chi connectivity index (χ1v) is 11.3. The lowest BCUT2D eigenvalue weighted by Crippen LogP contribution is -2.59. The third kappa shape index (κ3) is 3.25. The van der Waals surface area contributed by atoms with Gasteiger partial charge in [-0.25, -0.2) is 23.0 Å². The molecule has 162 valence electrons. The second-order valence-electron chi connectivity index (χ2n) is 7.06. The van der Waals surface area contributed by atoms with E-state index in [4.69, 9.17) is 4.74 Å². The summed E-state index contributed by atoms with van der Waals surface area (Å²) in [7, 11) is -4.27. The van der Waals surface area contributed by atoms with Gasteiger partial charge in [-0.3, -0.25) is 15.1 Å². The number of sulfone groups is 1. The van der Waals surface area contributed by atoms with E-state index in [2.05, 4.69) is 15.3 Å². The second-order valence-corrected chi connectivity index (χ2v) is 10.4. The topological polar surface area (TPSA) is 156 Å². The summed E-state index contributed by atoms with van der Waals surface area (Å²) >= 11 is 1.12. The van der Waals surface area contributed by atoms with Crippen LogP contribution in [0.2, 0.25) is 0 Å². The average molecular weight is 464 g/mol. The number of ether oxygens (including phenoxy) is 1. The predicted molar refractivity (Wildman–Crippen MR) is 109 cm³/mol. The van der Waals surface area contributed by atoms with Gasteiger partial charge < -0.3 is 14.7 Å². The molecule has 11 nitrogen and oxygen atoms in total. The Bertz CT molecular complexity index is 1180. The number of fused-ring (bicyclic) bond motifs is 1. The lowest BCUT2D eigenvalue weighted by molar-refractivity contribution is -0.153. The molecule has 31 heavy (non-hydrogen) atoms. The number of carbonyl (C=O) groups is 3. The van der Waals surface area contributed by atoms with Crippen molar-refractivity contribution in [3.63, 3.8) is 0 Å². The van der Waals surface area contributed by atoms with Crippen molar-refractivity contribution < 1.29 is 32.6 Å². The number of pyridine rings is 1. The van der Waals surface area contributed by atoms with E-state index in [1.807, 2.05) is 0 Å². The van der Waals surface area contributed by atoms with Crippen molar-refractivity contribution in [2.45, 2.75) is 23.1 Å². The molecule has 2 aromatic heterocycles. The summed E-state index contributed by atoms with van der Waals surface area (Å²) in [4.78, 5) is 45.3. The van der Waals surface area contributed by atoms with Gasteiger partial charge in [0.2, 0.25) is 0 Å². The molecule has 2 aliphatic rings. The Labute approximate surface area is 180 Å². The van der Waals surface area contributed by atoms with Crippen LogP contribution < -0.4 is 5.32 Å². The number of nitrogens with one attached hydrogen (secondary N) is 1. The lowest BCUT2D eigenvalue weighted by Gasteiger charge is -2.37. The van der Waals surface area contributed by atoms with E-state index in [1.54, 1.807) is 23.6 Å². The Morgan fingerprint density at radius 2 is 2.13 bits per heavy atom. The maximum absolute atomic E-state index is 13.3. The number of aromatic nitrogens is 2. The Morgan fingerprint density at radius 3 is 2.74 bits per heavy atom. The van der Waals surface area contributed by atoms with Gasteiger partial charge in [-0.15, -0.1) is 11.3 Å².